The van der Waals surface area contributed by atoms with Gasteiger partial charge < -0.3 is 19.8 Å². The van der Waals surface area contributed by atoms with Crippen LogP contribution in [0.3, 0.4) is 0 Å². The minimum Gasteiger partial charge on any atom is -0.508 e. The summed E-state index contributed by atoms with van der Waals surface area (Å²) < 4.78 is 5.25. The normalized spacial score (nSPS) is 31.4. The smallest absolute Gasteiger partial charge is 0.410 e. The molecule has 1 aromatic rings. The lowest BCUT2D eigenvalue weighted by atomic mass is 9.89. The zero-order chi connectivity index (χ0) is 15.4. The Bertz CT molecular complexity index is 609. The molecular weight excluding hydrogens is 317 g/mol. The number of carbonyl (C=O) groups excluding carboxylic acids is 1. The van der Waals surface area contributed by atoms with Gasteiger partial charge in [0.05, 0.1) is 22.7 Å². The number of aliphatic hydroxyl groups is 1. The van der Waals surface area contributed by atoms with E-state index in [9.17, 15) is 15.0 Å². The van der Waals surface area contributed by atoms with Crippen LogP contribution in [0.2, 0.25) is 10.0 Å². The lowest BCUT2D eigenvalue weighted by molar-refractivity contribution is 0.000607. The molecular formula is C14H15Cl2NO4. The number of cyclic esters (lactones) is 1. The Labute approximate surface area is 132 Å². The number of fused-ring (bicyclic) bond motifs is 1. The topological polar surface area (TPSA) is 70.0 Å². The molecule has 2 aliphatic heterocycles. The number of hydrogen-bond acceptors (Lipinski definition) is 4. The molecule has 0 unspecified atom stereocenters. The van der Waals surface area contributed by atoms with Crippen LogP contribution in [0.1, 0.15) is 24.8 Å². The van der Waals surface area contributed by atoms with Crippen LogP contribution in [-0.4, -0.2) is 46.0 Å². The van der Waals surface area contributed by atoms with Crippen LogP contribution < -0.4 is 0 Å². The number of aromatic hydroxyl groups is 1. The van der Waals surface area contributed by atoms with Crippen molar-refractivity contribution in [1.29, 1.82) is 0 Å². The van der Waals surface area contributed by atoms with E-state index in [0.29, 0.717) is 28.6 Å². The number of amides is 1. The van der Waals surface area contributed by atoms with Crippen molar-refractivity contribution in [3.8, 4) is 5.75 Å². The van der Waals surface area contributed by atoms with E-state index in [-0.39, 0.29) is 24.3 Å². The molecule has 3 atom stereocenters. The van der Waals surface area contributed by atoms with Gasteiger partial charge in [-0.1, -0.05) is 23.2 Å². The predicted molar refractivity (Wildman–Crippen MR) is 78.0 cm³/mol. The number of aliphatic hydroxyl groups excluding tert-OH is 1. The van der Waals surface area contributed by atoms with E-state index in [4.69, 9.17) is 27.9 Å². The Hall–Kier alpha value is -1.17. The minimum absolute atomic E-state index is 0.0645. The summed E-state index contributed by atoms with van der Waals surface area (Å²) in [6, 6.07) is 2.79. The zero-order valence-electron chi connectivity index (χ0n) is 11.3. The highest BCUT2D eigenvalue weighted by molar-refractivity contribution is 6.42. The molecule has 2 fully saturated rings. The average Bonchev–Trinajstić information content (AvgIpc) is 2.97. The van der Waals surface area contributed by atoms with Crippen molar-refractivity contribution < 1.29 is 19.7 Å². The van der Waals surface area contributed by atoms with Crippen LogP contribution in [0.4, 0.5) is 4.79 Å². The van der Waals surface area contributed by atoms with Crippen LogP contribution >= 0.6 is 23.2 Å². The zero-order valence-corrected chi connectivity index (χ0v) is 12.9. The first-order valence-electron chi connectivity index (χ1n) is 6.64. The third-order valence-electron chi connectivity index (χ3n) is 4.39. The first kappa shape index (κ1) is 14.8. The average molecular weight is 332 g/mol. The summed E-state index contributed by atoms with van der Waals surface area (Å²) in [6.07, 6.45) is 0.104. The summed E-state index contributed by atoms with van der Waals surface area (Å²) in [7, 11) is 0. The van der Waals surface area contributed by atoms with E-state index in [1.54, 1.807) is 11.8 Å². The van der Waals surface area contributed by atoms with Crippen LogP contribution in [0.5, 0.6) is 5.75 Å². The molecule has 2 heterocycles. The molecule has 21 heavy (non-hydrogen) atoms. The standard InChI is InChI=1S/C14H15Cl2NO4/c1-14(6-18)10-4-7(5-17(10)13(20)21-14)11-9(19)3-2-8(15)12(11)16/h2-3,7,10,18-19H,4-6H2,1H3/t7-,10-,14+/m0/s1. The second-order valence-corrected chi connectivity index (χ2v) is 6.52. The van der Waals surface area contributed by atoms with E-state index in [1.807, 2.05) is 0 Å². The maximum absolute atomic E-state index is 11.9. The number of benzene rings is 1. The predicted octanol–water partition coefficient (Wildman–Crippen LogP) is 2.76. The lowest BCUT2D eigenvalue weighted by Crippen LogP contribution is -2.42. The van der Waals surface area contributed by atoms with Gasteiger partial charge in [-0.2, -0.15) is 0 Å². The molecule has 0 bridgehead atoms. The van der Waals surface area contributed by atoms with Gasteiger partial charge in [0.25, 0.3) is 0 Å². The largest absolute Gasteiger partial charge is 0.508 e. The molecule has 3 rings (SSSR count). The Morgan fingerprint density at radius 1 is 1.48 bits per heavy atom. The first-order valence-corrected chi connectivity index (χ1v) is 7.40. The van der Waals surface area contributed by atoms with Crippen molar-refractivity contribution in [1.82, 2.24) is 4.90 Å². The highest BCUT2D eigenvalue weighted by atomic mass is 35.5. The third kappa shape index (κ3) is 2.15. The van der Waals surface area contributed by atoms with Gasteiger partial charge in [0, 0.05) is 18.0 Å². The summed E-state index contributed by atoms with van der Waals surface area (Å²) in [4.78, 5) is 13.5. The Balaban J connectivity index is 1.96. The molecule has 2 aliphatic rings. The lowest BCUT2D eigenvalue weighted by Gasteiger charge is -2.25. The number of phenolic OH excluding ortho intramolecular Hbond substituents is 1. The van der Waals surface area contributed by atoms with Gasteiger partial charge >= 0.3 is 6.09 Å². The Morgan fingerprint density at radius 2 is 2.19 bits per heavy atom. The monoisotopic (exact) mass is 331 g/mol. The maximum Gasteiger partial charge on any atom is 0.410 e. The van der Waals surface area contributed by atoms with Crippen LogP contribution in [-0.2, 0) is 4.74 Å². The fraction of sp³-hybridized carbons (Fsp3) is 0.500. The van der Waals surface area contributed by atoms with Gasteiger partial charge in [0.1, 0.15) is 5.75 Å². The molecule has 114 valence electrons. The number of hydrogen-bond donors (Lipinski definition) is 2. The Morgan fingerprint density at radius 3 is 2.86 bits per heavy atom. The molecule has 0 radical (unpaired) electrons. The number of rotatable bonds is 2. The van der Waals surface area contributed by atoms with E-state index in [0.717, 1.165) is 0 Å². The molecule has 7 heteroatoms. The van der Waals surface area contributed by atoms with Gasteiger partial charge in [-0.05, 0) is 25.5 Å². The molecule has 0 aromatic heterocycles. The fourth-order valence-electron chi connectivity index (χ4n) is 3.23. The van der Waals surface area contributed by atoms with Crippen molar-refractivity contribution in [2.75, 3.05) is 13.2 Å². The molecule has 2 N–H and O–H groups in total. The van der Waals surface area contributed by atoms with Crippen molar-refractivity contribution in [2.24, 2.45) is 0 Å². The van der Waals surface area contributed by atoms with Gasteiger partial charge in [0.15, 0.2) is 5.60 Å². The summed E-state index contributed by atoms with van der Waals surface area (Å²) in [6.45, 7) is 1.84. The third-order valence-corrected chi connectivity index (χ3v) is 5.21. The Kier molecular flexibility index (Phi) is 3.47. The maximum atomic E-state index is 11.9. The van der Waals surface area contributed by atoms with Crippen molar-refractivity contribution in [2.45, 2.75) is 30.9 Å². The van der Waals surface area contributed by atoms with Crippen LogP contribution in [0.25, 0.3) is 0 Å². The van der Waals surface area contributed by atoms with Crippen molar-refractivity contribution >= 4 is 29.3 Å². The number of halogens is 2. The fourth-order valence-corrected chi connectivity index (χ4v) is 3.71. The molecule has 2 saturated heterocycles. The molecule has 1 amide bonds. The molecule has 1 aromatic carbocycles. The van der Waals surface area contributed by atoms with Gasteiger partial charge in [-0.25, -0.2) is 4.79 Å². The molecule has 0 aliphatic carbocycles. The van der Waals surface area contributed by atoms with Crippen LogP contribution in [0, 0.1) is 0 Å². The van der Waals surface area contributed by atoms with E-state index < -0.39 is 11.7 Å². The number of carbonyl (C=O) groups is 1. The quantitative estimate of drug-likeness (QED) is 0.874. The second kappa shape index (κ2) is 4.93. The van der Waals surface area contributed by atoms with Gasteiger partial charge in [-0.3, -0.25) is 0 Å². The number of nitrogens with zero attached hydrogens (tertiary/aromatic N) is 1. The second-order valence-electron chi connectivity index (χ2n) is 5.73. The van der Waals surface area contributed by atoms with E-state index in [2.05, 4.69) is 0 Å². The van der Waals surface area contributed by atoms with E-state index in [1.165, 1.54) is 12.1 Å². The highest BCUT2D eigenvalue weighted by Gasteiger charge is 2.55. The summed E-state index contributed by atoms with van der Waals surface area (Å²) in [5.74, 6) is -0.0745. The number of phenols is 1. The van der Waals surface area contributed by atoms with Crippen molar-refractivity contribution in [3.63, 3.8) is 0 Å². The molecule has 0 saturated carbocycles. The van der Waals surface area contributed by atoms with E-state index >= 15 is 0 Å². The summed E-state index contributed by atoms with van der Waals surface area (Å²) >= 11 is 12.2. The minimum atomic E-state index is -0.924. The SMILES string of the molecule is C[C@]1(CO)OC(=O)N2C[C@@H](c3c(O)ccc(Cl)c3Cl)C[C@H]21. The molecule has 0 spiro atoms. The molecule has 5 nitrogen and oxygen atoms in total. The highest BCUT2D eigenvalue weighted by Crippen LogP contribution is 2.47. The summed E-state index contributed by atoms with van der Waals surface area (Å²) in [5, 5.41) is 20.2. The van der Waals surface area contributed by atoms with Gasteiger partial charge in [0.2, 0.25) is 0 Å². The number of ether oxygens (including phenoxy) is 1. The summed E-state index contributed by atoms with van der Waals surface area (Å²) in [5.41, 5.74) is -0.376. The first-order chi connectivity index (χ1) is 9.87. The van der Waals surface area contributed by atoms with Crippen LogP contribution in [0.15, 0.2) is 12.1 Å². The van der Waals surface area contributed by atoms with Crippen molar-refractivity contribution in [3.05, 3.63) is 27.7 Å². The van der Waals surface area contributed by atoms with Gasteiger partial charge in [-0.15, -0.1) is 0 Å².